The quantitative estimate of drug-likeness (QED) is 0.249. The van der Waals surface area contributed by atoms with E-state index < -0.39 is 66.5 Å². The zero-order chi connectivity index (χ0) is 18.1. The molecule has 0 aliphatic carbocycles. The van der Waals surface area contributed by atoms with Gasteiger partial charge in [0, 0.05) is 0 Å². The summed E-state index contributed by atoms with van der Waals surface area (Å²) in [5.74, 6) is -2.07. The molecular formula is C13H22O10. The van der Waals surface area contributed by atoms with Gasteiger partial charge in [-0.3, -0.25) is 9.59 Å². The molecule has 7 atom stereocenters. The first-order valence-corrected chi connectivity index (χ1v) is 6.90. The summed E-state index contributed by atoms with van der Waals surface area (Å²) in [6.45, 7) is 0.906. The second kappa shape index (κ2) is 7.28. The smallest absolute Gasteiger partial charge is 0.161 e. The van der Waals surface area contributed by atoms with Gasteiger partial charge in [-0.05, 0) is 13.8 Å². The van der Waals surface area contributed by atoms with Crippen molar-refractivity contribution in [2.75, 3.05) is 6.61 Å². The minimum atomic E-state index is -2.99. The summed E-state index contributed by atoms with van der Waals surface area (Å²) in [4.78, 5) is 22.9. The minimum absolute atomic E-state index is 0.830. The Morgan fingerprint density at radius 3 is 1.78 bits per heavy atom. The normalized spacial score (nSPS) is 36.8. The fourth-order valence-electron chi connectivity index (χ4n) is 2.60. The van der Waals surface area contributed by atoms with Gasteiger partial charge >= 0.3 is 0 Å². The van der Waals surface area contributed by atoms with Crippen molar-refractivity contribution < 1.29 is 50.1 Å². The third kappa shape index (κ3) is 3.44. The fourth-order valence-corrected chi connectivity index (χ4v) is 2.60. The highest BCUT2D eigenvalue weighted by atomic mass is 16.6. The minimum Gasteiger partial charge on any atom is -0.394 e. The molecule has 10 nitrogen and oxygen atoms in total. The molecule has 1 rings (SSSR count). The van der Waals surface area contributed by atoms with Crippen LogP contribution in [0.3, 0.4) is 0 Å². The van der Waals surface area contributed by atoms with Gasteiger partial charge in [-0.2, -0.15) is 0 Å². The van der Waals surface area contributed by atoms with E-state index in [2.05, 4.69) is 0 Å². The van der Waals surface area contributed by atoms with Crippen molar-refractivity contribution in [3.63, 3.8) is 0 Å². The van der Waals surface area contributed by atoms with E-state index >= 15 is 0 Å². The number of rotatable bonds is 6. The first-order chi connectivity index (χ1) is 10.5. The van der Waals surface area contributed by atoms with E-state index in [9.17, 15) is 40.2 Å². The first kappa shape index (κ1) is 20.1. The number of ketones is 2. The van der Waals surface area contributed by atoms with Gasteiger partial charge in [0.15, 0.2) is 17.2 Å². The molecule has 0 amide bonds. The van der Waals surface area contributed by atoms with Gasteiger partial charge in [-0.25, -0.2) is 0 Å². The third-order valence-electron chi connectivity index (χ3n) is 3.99. The molecule has 0 spiro atoms. The predicted molar refractivity (Wildman–Crippen MR) is 72.1 cm³/mol. The summed E-state index contributed by atoms with van der Waals surface area (Å²) < 4.78 is 5.05. The largest absolute Gasteiger partial charge is 0.394 e. The van der Waals surface area contributed by atoms with E-state index in [0.717, 1.165) is 13.8 Å². The van der Waals surface area contributed by atoms with Gasteiger partial charge in [-0.15, -0.1) is 0 Å². The molecule has 10 heteroatoms. The molecular weight excluding hydrogens is 316 g/mol. The summed E-state index contributed by atoms with van der Waals surface area (Å²) in [6.07, 6.45) is -13.9. The first-order valence-electron chi connectivity index (χ1n) is 6.90. The average Bonchev–Trinajstić information content (AvgIpc) is 2.50. The van der Waals surface area contributed by atoms with E-state index in [0.29, 0.717) is 0 Å². The van der Waals surface area contributed by atoms with Gasteiger partial charge in [0.05, 0.1) is 6.61 Å². The lowest BCUT2D eigenvalue weighted by molar-refractivity contribution is -0.295. The Morgan fingerprint density at radius 2 is 1.43 bits per heavy atom. The number of hydrogen-bond acceptors (Lipinski definition) is 10. The highest BCUT2D eigenvalue weighted by Gasteiger charge is 2.60. The van der Waals surface area contributed by atoms with Crippen molar-refractivity contribution >= 4 is 11.6 Å². The number of ether oxygens (including phenoxy) is 1. The molecule has 0 aromatic heterocycles. The average molecular weight is 338 g/mol. The van der Waals surface area contributed by atoms with Crippen LogP contribution in [-0.2, 0) is 14.3 Å². The van der Waals surface area contributed by atoms with Gasteiger partial charge in [-0.1, -0.05) is 0 Å². The highest BCUT2D eigenvalue weighted by Crippen LogP contribution is 2.33. The molecule has 1 fully saturated rings. The van der Waals surface area contributed by atoms with Gasteiger partial charge in [0.2, 0.25) is 0 Å². The van der Waals surface area contributed by atoms with Gasteiger partial charge in [0.1, 0.15) is 42.7 Å². The predicted octanol–water partition coefficient (Wildman–Crippen LogP) is -4.54. The standard InChI is InChI=1S/C13H22O10/c1-4(15)10(20)13(22,11(21)5(2)16)12-9(19)8(18)7(17)6(3-14)23-12/h6-12,14,17-22H,3H2,1-2H3/t6-,7+,8+,9-,10?,11?,12?,13?/m1/s1. The Kier molecular flexibility index (Phi) is 6.35. The van der Waals surface area contributed by atoms with E-state index in [1.165, 1.54) is 0 Å². The summed E-state index contributed by atoms with van der Waals surface area (Å²) in [7, 11) is 0. The second-order valence-electron chi connectivity index (χ2n) is 5.66. The second-order valence-corrected chi connectivity index (χ2v) is 5.66. The molecule has 134 valence electrons. The van der Waals surface area contributed by atoms with E-state index in [-0.39, 0.29) is 0 Å². The fraction of sp³-hybridized carbons (Fsp3) is 0.846. The zero-order valence-electron chi connectivity index (χ0n) is 12.6. The molecule has 7 N–H and O–H groups in total. The van der Waals surface area contributed by atoms with Crippen LogP contribution in [0.4, 0.5) is 0 Å². The summed E-state index contributed by atoms with van der Waals surface area (Å²) >= 11 is 0. The Bertz CT molecular complexity index is 430. The Hall–Kier alpha value is -0.980. The maximum absolute atomic E-state index is 11.4. The van der Waals surface area contributed by atoms with Crippen molar-refractivity contribution in [3.8, 4) is 0 Å². The molecule has 1 heterocycles. The molecule has 0 aromatic rings. The van der Waals surface area contributed by atoms with Crippen LogP contribution in [-0.4, -0.2) is 102 Å². The highest BCUT2D eigenvalue weighted by molar-refractivity contribution is 5.86. The molecule has 1 aliphatic heterocycles. The Labute approximate surface area is 131 Å². The maximum atomic E-state index is 11.4. The lowest BCUT2D eigenvalue weighted by atomic mass is 9.76. The molecule has 0 bridgehead atoms. The lowest BCUT2D eigenvalue weighted by Crippen LogP contribution is -2.73. The Balaban J connectivity index is 3.35. The molecule has 0 radical (unpaired) electrons. The van der Waals surface area contributed by atoms with Crippen LogP contribution in [0.5, 0.6) is 0 Å². The molecule has 1 saturated heterocycles. The number of carbonyl (C=O) groups is 2. The summed E-state index contributed by atoms with van der Waals surface area (Å²) in [5.41, 5.74) is -2.99. The maximum Gasteiger partial charge on any atom is 0.161 e. The molecule has 0 aromatic carbocycles. The van der Waals surface area contributed by atoms with Crippen molar-refractivity contribution in [2.45, 2.75) is 62.2 Å². The molecule has 1 aliphatic rings. The van der Waals surface area contributed by atoms with Crippen LogP contribution < -0.4 is 0 Å². The summed E-state index contributed by atoms with van der Waals surface area (Å²) in [6, 6.07) is 0. The van der Waals surface area contributed by atoms with Crippen molar-refractivity contribution in [3.05, 3.63) is 0 Å². The number of Topliss-reactive ketones (excluding diaryl/α,β-unsaturated/α-hetero) is 2. The van der Waals surface area contributed by atoms with Gasteiger partial charge < -0.3 is 40.5 Å². The summed E-state index contributed by atoms with van der Waals surface area (Å²) in [5, 5.41) is 69.0. The van der Waals surface area contributed by atoms with E-state index in [1.807, 2.05) is 0 Å². The topological polar surface area (TPSA) is 185 Å². The van der Waals surface area contributed by atoms with Crippen LogP contribution in [0.25, 0.3) is 0 Å². The van der Waals surface area contributed by atoms with Crippen LogP contribution in [0, 0.1) is 0 Å². The van der Waals surface area contributed by atoms with Crippen LogP contribution in [0.15, 0.2) is 0 Å². The SMILES string of the molecule is CC(=O)C(O)C(O)(C(O)C(C)=O)C1O[C@H](CO)[C@H](O)[C@H](O)[C@H]1O. The van der Waals surface area contributed by atoms with E-state index in [1.54, 1.807) is 0 Å². The molecule has 0 saturated carbocycles. The number of aliphatic hydroxyl groups excluding tert-OH is 6. The Morgan fingerprint density at radius 1 is 1.00 bits per heavy atom. The zero-order valence-corrected chi connectivity index (χ0v) is 12.6. The third-order valence-corrected chi connectivity index (χ3v) is 3.99. The van der Waals surface area contributed by atoms with Crippen LogP contribution >= 0.6 is 0 Å². The molecule has 3 unspecified atom stereocenters. The monoisotopic (exact) mass is 338 g/mol. The molecule has 23 heavy (non-hydrogen) atoms. The van der Waals surface area contributed by atoms with Crippen LogP contribution in [0.2, 0.25) is 0 Å². The van der Waals surface area contributed by atoms with Crippen LogP contribution in [0.1, 0.15) is 13.8 Å². The van der Waals surface area contributed by atoms with E-state index in [4.69, 9.17) is 9.84 Å². The van der Waals surface area contributed by atoms with Gasteiger partial charge in [0.25, 0.3) is 0 Å². The number of carbonyl (C=O) groups excluding carboxylic acids is 2. The van der Waals surface area contributed by atoms with Crippen molar-refractivity contribution in [2.24, 2.45) is 0 Å². The van der Waals surface area contributed by atoms with Crippen molar-refractivity contribution in [1.82, 2.24) is 0 Å². The lowest BCUT2D eigenvalue weighted by Gasteiger charge is -2.48. The number of hydrogen-bond donors (Lipinski definition) is 7. The number of aliphatic hydroxyl groups is 7. The van der Waals surface area contributed by atoms with Crippen molar-refractivity contribution in [1.29, 1.82) is 0 Å².